The van der Waals surface area contributed by atoms with E-state index in [9.17, 15) is 0 Å². The first-order valence-electron chi connectivity index (χ1n) is 7.07. The van der Waals surface area contributed by atoms with Crippen molar-refractivity contribution in [2.75, 3.05) is 11.4 Å². The van der Waals surface area contributed by atoms with Crippen molar-refractivity contribution in [2.45, 2.75) is 39.2 Å². The highest BCUT2D eigenvalue weighted by molar-refractivity contribution is 9.10. The normalized spacial score (nSPS) is 15.7. The van der Waals surface area contributed by atoms with Crippen molar-refractivity contribution in [2.24, 2.45) is 16.8 Å². The molecule has 20 heavy (non-hydrogen) atoms. The Morgan fingerprint density at radius 1 is 1.50 bits per heavy atom. The van der Waals surface area contributed by atoms with Crippen LogP contribution in [-0.2, 0) is 0 Å². The van der Waals surface area contributed by atoms with Gasteiger partial charge in [0, 0.05) is 22.7 Å². The van der Waals surface area contributed by atoms with Gasteiger partial charge in [0.2, 0.25) is 0 Å². The molecule has 0 saturated heterocycles. The number of anilines is 1. The summed E-state index contributed by atoms with van der Waals surface area (Å²) in [6, 6.07) is 6.56. The Balaban J connectivity index is 2.35. The second-order valence-electron chi connectivity index (χ2n) is 5.73. The first-order chi connectivity index (χ1) is 9.54. The lowest BCUT2D eigenvalue weighted by molar-refractivity contribution is 0.318. The molecule has 0 aliphatic heterocycles. The smallest absolute Gasteiger partial charge is 0.173 e. The van der Waals surface area contributed by atoms with Gasteiger partial charge >= 0.3 is 0 Å². The monoisotopic (exact) mass is 339 g/mol. The van der Waals surface area contributed by atoms with Crippen LogP contribution in [0.5, 0.6) is 0 Å². The second-order valence-corrected chi connectivity index (χ2v) is 6.58. The van der Waals surface area contributed by atoms with E-state index in [1.807, 2.05) is 12.1 Å². The van der Waals surface area contributed by atoms with Gasteiger partial charge < -0.3 is 15.8 Å². The number of halogens is 1. The van der Waals surface area contributed by atoms with Crippen LogP contribution >= 0.6 is 15.9 Å². The van der Waals surface area contributed by atoms with E-state index in [2.05, 4.69) is 45.9 Å². The van der Waals surface area contributed by atoms with Gasteiger partial charge in [-0.2, -0.15) is 0 Å². The molecule has 3 N–H and O–H groups in total. The predicted octanol–water partition coefficient (Wildman–Crippen LogP) is 3.56. The average molecular weight is 340 g/mol. The number of hydrogen-bond donors (Lipinski definition) is 2. The van der Waals surface area contributed by atoms with Gasteiger partial charge in [0.15, 0.2) is 5.84 Å². The van der Waals surface area contributed by atoms with E-state index in [4.69, 9.17) is 10.9 Å². The van der Waals surface area contributed by atoms with Crippen molar-refractivity contribution in [1.82, 2.24) is 0 Å². The fourth-order valence-electron chi connectivity index (χ4n) is 2.34. The van der Waals surface area contributed by atoms with Gasteiger partial charge in [-0.1, -0.05) is 25.1 Å². The van der Waals surface area contributed by atoms with Crippen LogP contribution < -0.4 is 10.6 Å². The highest BCUT2D eigenvalue weighted by Crippen LogP contribution is 2.36. The van der Waals surface area contributed by atoms with E-state index in [-0.39, 0.29) is 5.84 Å². The summed E-state index contributed by atoms with van der Waals surface area (Å²) >= 11 is 3.51. The van der Waals surface area contributed by atoms with Gasteiger partial charge in [0.25, 0.3) is 0 Å². The van der Waals surface area contributed by atoms with Gasteiger partial charge in [-0.15, -0.1) is 0 Å². The molecule has 1 aliphatic carbocycles. The Hall–Kier alpha value is -1.23. The van der Waals surface area contributed by atoms with Crippen molar-refractivity contribution >= 4 is 27.5 Å². The van der Waals surface area contributed by atoms with Crippen molar-refractivity contribution in [3.05, 3.63) is 28.2 Å². The zero-order chi connectivity index (χ0) is 14.7. The standard InChI is InChI=1S/C15H22BrN3O/c1-10(2)8-9-19(11-6-7-11)13-5-3-4-12(16)14(13)15(17)18-20/h3-5,10-11,20H,6-9H2,1-2H3,(H2,17,18). The zero-order valence-corrected chi connectivity index (χ0v) is 13.6. The summed E-state index contributed by atoms with van der Waals surface area (Å²) in [7, 11) is 0. The first kappa shape index (κ1) is 15.2. The molecule has 0 bridgehead atoms. The lowest BCUT2D eigenvalue weighted by Gasteiger charge is -2.28. The third kappa shape index (κ3) is 3.45. The number of amidine groups is 1. The number of nitrogens with two attached hydrogens (primary N) is 1. The number of hydrogen-bond acceptors (Lipinski definition) is 3. The van der Waals surface area contributed by atoms with Gasteiger partial charge in [0.05, 0.1) is 5.56 Å². The molecular weight excluding hydrogens is 318 g/mol. The molecule has 0 amide bonds. The van der Waals surface area contributed by atoms with Crippen molar-refractivity contribution < 1.29 is 5.21 Å². The van der Waals surface area contributed by atoms with Crippen LogP contribution in [0.1, 0.15) is 38.7 Å². The van der Waals surface area contributed by atoms with Crippen molar-refractivity contribution in [1.29, 1.82) is 0 Å². The van der Waals surface area contributed by atoms with Gasteiger partial charge in [-0.3, -0.25) is 0 Å². The highest BCUT2D eigenvalue weighted by Gasteiger charge is 2.31. The van der Waals surface area contributed by atoms with E-state index < -0.39 is 0 Å². The number of oxime groups is 1. The molecule has 0 atom stereocenters. The SMILES string of the molecule is CC(C)CCN(c1cccc(Br)c1/C(N)=N/O)C1CC1. The van der Waals surface area contributed by atoms with Crippen LogP contribution in [0, 0.1) is 5.92 Å². The molecule has 0 heterocycles. The summed E-state index contributed by atoms with van der Waals surface area (Å²) < 4.78 is 0.862. The lowest BCUT2D eigenvalue weighted by atomic mass is 10.1. The first-order valence-corrected chi connectivity index (χ1v) is 7.87. The van der Waals surface area contributed by atoms with Gasteiger partial charge in [0.1, 0.15) is 0 Å². The zero-order valence-electron chi connectivity index (χ0n) is 12.0. The molecule has 1 aromatic rings. The van der Waals surface area contributed by atoms with Crippen molar-refractivity contribution in [3.63, 3.8) is 0 Å². The molecule has 1 aliphatic rings. The van der Waals surface area contributed by atoms with Gasteiger partial charge in [-0.25, -0.2) is 0 Å². The predicted molar refractivity (Wildman–Crippen MR) is 86.5 cm³/mol. The molecule has 1 aromatic carbocycles. The average Bonchev–Trinajstić information content (AvgIpc) is 3.22. The minimum absolute atomic E-state index is 0.155. The fourth-order valence-corrected chi connectivity index (χ4v) is 2.90. The van der Waals surface area contributed by atoms with Crippen molar-refractivity contribution in [3.8, 4) is 0 Å². The number of rotatable bonds is 6. The topological polar surface area (TPSA) is 61.8 Å². The summed E-state index contributed by atoms with van der Waals surface area (Å²) in [5.74, 6) is 0.818. The lowest BCUT2D eigenvalue weighted by Crippen LogP contribution is -2.30. The molecule has 0 radical (unpaired) electrons. The van der Waals surface area contributed by atoms with E-state index in [1.54, 1.807) is 0 Å². The second kappa shape index (κ2) is 6.48. The number of nitrogens with zero attached hydrogens (tertiary/aromatic N) is 2. The Kier molecular flexibility index (Phi) is 4.91. The third-order valence-electron chi connectivity index (χ3n) is 3.60. The van der Waals surface area contributed by atoms with E-state index in [0.29, 0.717) is 12.0 Å². The molecule has 0 spiro atoms. The summed E-state index contributed by atoms with van der Waals surface area (Å²) in [5.41, 5.74) is 7.69. The molecule has 0 unspecified atom stereocenters. The summed E-state index contributed by atoms with van der Waals surface area (Å²) in [5, 5.41) is 12.2. The highest BCUT2D eigenvalue weighted by atomic mass is 79.9. The van der Waals surface area contributed by atoms with Gasteiger partial charge in [-0.05, 0) is 53.2 Å². The Morgan fingerprint density at radius 2 is 2.20 bits per heavy atom. The van der Waals surface area contributed by atoms with Crippen LogP contribution in [0.2, 0.25) is 0 Å². The maximum atomic E-state index is 9.01. The molecule has 1 fully saturated rings. The summed E-state index contributed by atoms with van der Waals surface area (Å²) in [4.78, 5) is 2.40. The fraction of sp³-hybridized carbons (Fsp3) is 0.533. The molecule has 2 rings (SSSR count). The third-order valence-corrected chi connectivity index (χ3v) is 4.26. The van der Waals surface area contributed by atoms with Crippen LogP contribution in [0.3, 0.4) is 0 Å². The van der Waals surface area contributed by atoms with Crippen LogP contribution in [-0.4, -0.2) is 23.6 Å². The summed E-state index contributed by atoms with van der Waals surface area (Å²) in [6.07, 6.45) is 3.58. The van der Waals surface area contributed by atoms with E-state index >= 15 is 0 Å². The van der Waals surface area contributed by atoms with E-state index in [1.165, 1.54) is 12.8 Å². The minimum Gasteiger partial charge on any atom is -0.409 e. The molecule has 0 aromatic heterocycles. The van der Waals surface area contributed by atoms with Crippen LogP contribution in [0.4, 0.5) is 5.69 Å². The minimum atomic E-state index is 0.155. The van der Waals surface area contributed by atoms with E-state index in [0.717, 1.165) is 28.7 Å². The van der Waals surface area contributed by atoms with Crippen LogP contribution in [0.25, 0.3) is 0 Å². The Labute approximate surface area is 128 Å². The summed E-state index contributed by atoms with van der Waals surface area (Å²) in [6.45, 7) is 5.47. The molecular formula is C15H22BrN3O. The molecule has 110 valence electrons. The maximum absolute atomic E-state index is 9.01. The Bertz CT molecular complexity index is 498. The molecule has 4 nitrogen and oxygen atoms in total. The maximum Gasteiger partial charge on any atom is 0.173 e. The molecule has 1 saturated carbocycles. The largest absolute Gasteiger partial charge is 0.409 e. The quantitative estimate of drug-likeness (QED) is 0.360. The molecule has 5 heteroatoms. The van der Waals surface area contributed by atoms with Crippen LogP contribution in [0.15, 0.2) is 27.8 Å². The Morgan fingerprint density at radius 3 is 2.75 bits per heavy atom. The number of benzene rings is 1.